The lowest BCUT2D eigenvalue weighted by Gasteiger charge is -2.44. The fourth-order valence-corrected chi connectivity index (χ4v) is 4.21. The first-order valence-electron chi connectivity index (χ1n) is 10.4. The number of carbonyl (C=O) groups is 2. The van der Waals surface area contributed by atoms with Crippen LogP contribution < -0.4 is 19.7 Å². The van der Waals surface area contributed by atoms with Crippen LogP contribution in [0.2, 0.25) is 0 Å². The Kier molecular flexibility index (Phi) is 5.86. The van der Waals surface area contributed by atoms with Gasteiger partial charge in [0.25, 0.3) is 5.91 Å². The van der Waals surface area contributed by atoms with E-state index in [1.165, 1.54) is 0 Å². The second-order valence-electron chi connectivity index (χ2n) is 7.94. The maximum Gasteiger partial charge on any atom is 0.259 e. The lowest BCUT2D eigenvalue weighted by molar-refractivity contribution is -0.126. The zero-order chi connectivity index (χ0) is 22.7. The molecule has 6 heteroatoms. The summed E-state index contributed by atoms with van der Waals surface area (Å²) < 4.78 is 10.7. The highest BCUT2D eigenvalue weighted by Gasteiger charge is 2.47. The molecule has 0 aromatic heterocycles. The standard InChI is InChI=1S/C26H26N2O4/c1-26(25(30)27-17-19-9-5-7-11-23(19)32-3)16-18-8-4-6-10-22(18)24(29)28(26)20-12-14-21(31-2)15-13-20/h4-15H,16-17H2,1-3H3,(H,27,30)/t26-/m0/s1. The SMILES string of the molecule is COc1ccc(N2C(=O)c3ccccc3C[C@@]2(C)C(=O)NCc2ccccc2OC)cc1. The summed E-state index contributed by atoms with van der Waals surface area (Å²) in [6.45, 7) is 2.10. The minimum absolute atomic E-state index is 0.202. The van der Waals surface area contributed by atoms with Crippen LogP contribution in [-0.2, 0) is 17.8 Å². The van der Waals surface area contributed by atoms with E-state index in [-0.39, 0.29) is 11.8 Å². The molecule has 3 aromatic rings. The third kappa shape index (κ3) is 3.80. The van der Waals surface area contributed by atoms with Crippen LogP contribution in [0, 0.1) is 0 Å². The molecule has 0 saturated heterocycles. The van der Waals surface area contributed by atoms with Crippen LogP contribution in [0.4, 0.5) is 5.69 Å². The second-order valence-corrected chi connectivity index (χ2v) is 7.94. The van der Waals surface area contributed by atoms with Gasteiger partial charge in [-0.1, -0.05) is 36.4 Å². The van der Waals surface area contributed by atoms with Crippen molar-refractivity contribution in [3.8, 4) is 11.5 Å². The lowest BCUT2D eigenvalue weighted by Crippen LogP contribution is -2.63. The highest BCUT2D eigenvalue weighted by Crippen LogP contribution is 2.36. The minimum atomic E-state index is -1.11. The number of anilines is 1. The predicted octanol–water partition coefficient (Wildman–Crippen LogP) is 3.98. The first-order valence-corrected chi connectivity index (χ1v) is 10.4. The molecule has 0 unspecified atom stereocenters. The molecule has 3 aromatic carbocycles. The van der Waals surface area contributed by atoms with Crippen LogP contribution >= 0.6 is 0 Å². The Morgan fingerprint density at radius 3 is 2.38 bits per heavy atom. The number of methoxy groups -OCH3 is 2. The van der Waals surface area contributed by atoms with Crippen LogP contribution in [0.3, 0.4) is 0 Å². The number of ether oxygens (including phenoxy) is 2. The molecular weight excluding hydrogens is 404 g/mol. The molecule has 0 radical (unpaired) electrons. The molecule has 0 saturated carbocycles. The summed E-state index contributed by atoms with van der Waals surface area (Å²) in [6, 6.07) is 22.2. The number of hydrogen-bond donors (Lipinski definition) is 1. The summed E-state index contributed by atoms with van der Waals surface area (Å²) in [5, 5.41) is 3.02. The average molecular weight is 431 g/mol. The van der Waals surface area contributed by atoms with Gasteiger partial charge >= 0.3 is 0 Å². The Morgan fingerprint density at radius 1 is 0.969 bits per heavy atom. The second kappa shape index (κ2) is 8.75. The number of carbonyl (C=O) groups excluding carboxylic acids is 2. The van der Waals surface area contributed by atoms with E-state index in [0.717, 1.165) is 11.1 Å². The maximum atomic E-state index is 13.6. The number of rotatable bonds is 6. The summed E-state index contributed by atoms with van der Waals surface area (Å²) in [5.41, 5.74) is 1.86. The van der Waals surface area contributed by atoms with Gasteiger partial charge in [-0.25, -0.2) is 0 Å². The Morgan fingerprint density at radius 2 is 1.66 bits per heavy atom. The van der Waals surface area contributed by atoms with Gasteiger partial charge in [-0.15, -0.1) is 0 Å². The first kappa shape index (κ1) is 21.4. The molecule has 1 N–H and O–H groups in total. The van der Waals surface area contributed by atoms with Gasteiger partial charge in [-0.05, 0) is 48.9 Å². The molecule has 0 fully saturated rings. The van der Waals surface area contributed by atoms with Gasteiger partial charge in [-0.3, -0.25) is 14.5 Å². The normalized spacial score (nSPS) is 17.5. The lowest BCUT2D eigenvalue weighted by atomic mass is 9.82. The smallest absolute Gasteiger partial charge is 0.259 e. The number of amides is 2. The third-order valence-corrected chi connectivity index (χ3v) is 5.93. The summed E-state index contributed by atoms with van der Waals surface area (Å²) in [5.74, 6) is 0.949. The third-order valence-electron chi connectivity index (χ3n) is 5.93. The maximum absolute atomic E-state index is 13.6. The highest BCUT2D eigenvalue weighted by molar-refractivity contribution is 6.14. The fraction of sp³-hybridized carbons (Fsp3) is 0.231. The van der Waals surface area contributed by atoms with E-state index in [1.54, 1.807) is 49.5 Å². The van der Waals surface area contributed by atoms with Gasteiger partial charge < -0.3 is 14.8 Å². The van der Waals surface area contributed by atoms with Crippen LogP contribution in [0.5, 0.6) is 11.5 Å². The van der Waals surface area contributed by atoms with Crippen molar-refractivity contribution in [2.24, 2.45) is 0 Å². The van der Waals surface area contributed by atoms with Crippen molar-refractivity contribution in [1.29, 1.82) is 0 Å². The van der Waals surface area contributed by atoms with Crippen molar-refractivity contribution in [3.63, 3.8) is 0 Å². The van der Waals surface area contributed by atoms with E-state index in [4.69, 9.17) is 9.47 Å². The number of nitrogens with zero attached hydrogens (tertiary/aromatic N) is 1. The van der Waals surface area contributed by atoms with Crippen molar-refractivity contribution in [2.75, 3.05) is 19.1 Å². The van der Waals surface area contributed by atoms with Crippen molar-refractivity contribution in [2.45, 2.75) is 25.4 Å². The molecule has 0 bridgehead atoms. The molecule has 1 heterocycles. The van der Waals surface area contributed by atoms with Crippen LogP contribution in [0.15, 0.2) is 72.8 Å². The predicted molar refractivity (Wildman–Crippen MR) is 123 cm³/mol. The van der Waals surface area contributed by atoms with Gasteiger partial charge in [0.15, 0.2) is 0 Å². The van der Waals surface area contributed by atoms with E-state index in [2.05, 4.69) is 5.32 Å². The van der Waals surface area contributed by atoms with E-state index in [1.807, 2.05) is 49.4 Å². The molecule has 1 aliphatic rings. The summed E-state index contributed by atoms with van der Waals surface area (Å²) in [4.78, 5) is 28.7. The molecule has 1 aliphatic heterocycles. The minimum Gasteiger partial charge on any atom is -0.497 e. The Hall–Kier alpha value is -3.80. The molecular formula is C26H26N2O4. The van der Waals surface area contributed by atoms with Gasteiger partial charge in [0.05, 0.1) is 14.2 Å². The van der Waals surface area contributed by atoms with Crippen LogP contribution in [0.25, 0.3) is 0 Å². The Labute approximate surface area is 187 Å². The fourth-order valence-electron chi connectivity index (χ4n) is 4.21. The van der Waals surface area contributed by atoms with Crippen LogP contribution in [-0.4, -0.2) is 31.6 Å². The molecule has 4 rings (SSSR count). The highest BCUT2D eigenvalue weighted by atomic mass is 16.5. The monoisotopic (exact) mass is 430 g/mol. The molecule has 32 heavy (non-hydrogen) atoms. The molecule has 0 aliphatic carbocycles. The number of hydrogen-bond acceptors (Lipinski definition) is 4. The van der Waals surface area contributed by atoms with Crippen LogP contribution in [0.1, 0.15) is 28.4 Å². The van der Waals surface area contributed by atoms with Crippen molar-refractivity contribution in [3.05, 3.63) is 89.5 Å². The van der Waals surface area contributed by atoms with Gasteiger partial charge in [0.2, 0.25) is 5.91 Å². The van der Waals surface area contributed by atoms with Gasteiger partial charge in [0, 0.05) is 29.8 Å². The van der Waals surface area contributed by atoms with Crippen molar-refractivity contribution in [1.82, 2.24) is 5.32 Å². The first-order chi connectivity index (χ1) is 15.5. The Balaban J connectivity index is 1.70. The quantitative estimate of drug-likeness (QED) is 0.642. The summed E-state index contributed by atoms with van der Waals surface area (Å²) >= 11 is 0. The van der Waals surface area contributed by atoms with Crippen molar-refractivity contribution >= 4 is 17.5 Å². The number of para-hydroxylation sites is 1. The van der Waals surface area contributed by atoms with E-state index in [0.29, 0.717) is 35.7 Å². The van der Waals surface area contributed by atoms with Gasteiger partial charge in [-0.2, -0.15) is 0 Å². The van der Waals surface area contributed by atoms with E-state index < -0.39 is 5.54 Å². The molecule has 164 valence electrons. The molecule has 0 spiro atoms. The zero-order valence-electron chi connectivity index (χ0n) is 18.4. The van der Waals surface area contributed by atoms with E-state index >= 15 is 0 Å². The number of benzene rings is 3. The Bertz CT molecular complexity index is 1140. The molecule has 1 atom stereocenters. The topological polar surface area (TPSA) is 67.9 Å². The van der Waals surface area contributed by atoms with Gasteiger partial charge in [0.1, 0.15) is 17.0 Å². The zero-order valence-corrected chi connectivity index (χ0v) is 18.4. The molecule has 6 nitrogen and oxygen atoms in total. The molecule has 2 amide bonds. The van der Waals surface area contributed by atoms with E-state index in [9.17, 15) is 9.59 Å². The summed E-state index contributed by atoms with van der Waals surface area (Å²) in [7, 11) is 3.19. The summed E-state index contributed by atoms with van der Waals surface area (Å²) in [6.07, 6.45) is 0.401. The van der Waals surface area contributed by atoms with Crippen molar-refractivity contribution < 1.29 is 19.1 Å². The largest absolute Gasteiger partial charge is 0.497 e. The average Bonchev–Trinajstić information content (AvgIpc) is 2.83. The number of fused-ring (bicyclic) bond motifs is 1. The number of nitrogens with one attached hydrogen (secondary N) is 1.